The molecule has 0 saturated heterocycles. The summed E-state index contributed by atoms with van der Waals surface area (Å²) < 4.78 is 5.73. The number of hydrogen-bond donors (Lipinski definition) is 2. The lowest BCUT2D eigenvalue weighted by molar-refractivity contribution is 0.0785. The summed E-state index contributed by atoms with van der Waals surface area (Å²) in [6.07, 6.45) is 1.56. The van der Waals surface area contributed by atoms with E-state index in [1.54, 1.807) is 56.4 Å². The Kier molecular flexibility index (Phi) is 5.97. The van der Waals surface area contributed by atoms with Crippen LogP contribution in [0.15, 0.2) is 66.9 Å². The Morgan fingerprint density at radius 3 is 2.57 bits per heavy atom. The fourth-order valence-electron chi connectivity index (χ4n) is 2.60. The lowest BCUT2D eigenvalue weighted by atomic mass is 9.97. The van der Waals surface area contributed by atoms with Gasteiger partial charge in [0.15, 0.2) is 0 Å². The van der Waals surface area contributed by atoms with Gasteiger partial charge in [0.05, 0.1) is 5.60 Å². The molecule has 6 heteroatoms. The van der Waals surface area contributed by atoms with Crippen molar-refractivity contribution < 1.29 is 14.6 Å². The van der Waals surface area contributed by atoms with Crippen molar-refractivity contribution in [1.82, 2.24) is 10.3 Å². The molecule has 0 aliphatic carbocycles. The molecule has 0 unspecified atom stereocenters. The molecule has 144 valence electrons. The van der Waals surface area contributed by atoms with Crippen molar-refractivity contribution in [2.45, 2.75) is 26.0 Å². The SMILES string of the molecule is CC(C)(O)c1ccc(CNC(=O)c2cccnc2Oc2cccc(Cl)c2)cc1. The average Bonchev–Trinajstić information content (AvgIpc) is 2.66. The Labute approximate surface area is 169 Å². The number of nitrogens with one attached hydrogen (secondary N) is 1. The number of nitrogens with zero attached hydrogens (tertiary/aromatic N) is 1. The van der Waals surface area contributed by atoms with Gasteiger partial charge in [0.2, 0.25) is 5.88 Å². The second kappa shape index (κ2) is 8.42. The number of amides is 1. The molecule has 3 rings (SSSR count). The predicted octanol–water partition coefficient (Wildman–Crippen LogP) is 4.68. The van der Waals surface area contributed by atoms with Crippen molar-refractivity contribution in [1.29, 1.82) is 0 Å². The highest BCUT2D eigenvalue weighted by atomic mass is 35.5. The largest absolute Gasteiger partial charge is 0.438 e. The highest BCUT2D eigenvalue weighted by molar-refractivity contribution is 6.30. The summed E-state index contributed by atoms with van der Waals surface area (Å²) in [5, 5.41) is 13.4. The fraction of sp³-hybridized carbons (Fsp3) is 0.182. The molecule has 0 bridgehead atoms. The minimum atomic E-state index is -0.899. The third-order valence-electron chi connectivity index (χ3n) is 4.14. The van der Waals surface area contributed by atoms with Gasteiger partial charge in [-0.25, -0.2) is 4.98 Å². The van der Waals surface area contributed by atoms with Crippen LogP contribution in [-0.2, 0) is 12.1 Å². The topological polar surface area (TPSA) is 71.5 Å². The summed E-state index contributed by atoms with van der Waals surface area (Å²) in [6.45, 7) is 3.80. The van der Waals surface area contributed by atoms with Crippen LogP contribution in [0.5, 0.6) is 11.6 Å². The average molecular weight is 397 g/mol. The predicted molar refractivity (Wildman–Crippen MR) is 109 cm³/mol. The molecule has 0 saturated carbocycles. The molecule has 0 aliphatic heterocycles. The zero-order valence-corrected chi connectivity index (χ0v) is 16.4. The molecule has 2 aromatic carbocycles. The Bertz CT molecular complexity index is 966. The lowest BCUT2D eigenvalue weighted by Gasteiger charge is -2.18. The van der Waals surface area contributed by atoms with Crippen LogP contribution in [0.4, 0.5) is 0 Å². The van der Waals surface area contributed by atoms with E-state index < -0.39 is 5.60 Å². The summed E-state index contributed by atoms with van der Waals surface area (Å²) >= 11 is 5.97. The van der Waals surface area contributed by atoms with E-state index in [9.17, 15) is 9.90 Å². The number of aromatic nitrogens is 1. The summed E-state index contributed by atoms with van der Waals surface area (Å²) in [5.74, 6) is 0.416. The fourth-order valence-corrected chi connectivity index (χ4v) is 2.78. The van der Waals surface area contributed by atoms with Gasteiger partial charge in [0, 0.05) is 17.8 Å². The molecule has 0 fully saturated rings. The van der Waals surface area contributed by atoms with Crippen LogP contribution in [0.2, 0.25) is 5.02 Å². The highest BCUT2D eigenvalue weighted by Gasteiger charge is 2.16. The Morgan fingerprint density at radius 2 is 1.89 bits per heavy atom. The molecule has 1 heterocycles. The Balaban J connectivity index is 1.69. The van der Waals surface area contributed by atoms with E-state index in [2.05, 4.69) is 10.3 Å². The third-order valence-corrected chi connectivity index (χ3v) is 4.37. The summed E-state index contributed by atoms with van der Waals surface area (Å²) in [7, 11) is 0. The minimum Gasteiger partial charge on any atom is -0.438 e. The summed E-state index contributed by atoms with van der Waals surface area (Å²) in [6, 6.07) is 17.7. The van der Waals surface area contributed by atoms with Crippen LogP contribution in [0, 0.1) is 0 Å². The van der Waals surface area contributed by atoms with Gasteiger partial charge in [-0.15, -0.1) is 0 Å². The van der Waals surface area contributed by atoms with Crippen molar-refractivity contribution in [2.75, 3.05) is 0 Å². The minimum absolute atomic E-state index is 0.208. The summed E-state index contributed by atoms with van der Waals surface area (Å²) in [5.41, 5.74) is 1.16. The van der Waals surface area contributed by atoms with Crippen LogP contribution >= 0.6 is 11.6 Å². The van der Waals surface area contributed by atoms with Crippen molar-refractivity contribution in [3.8, 4) is 11.6 Å². The Morgan fingerprint density at radius 1 is 1.14 bits per heavy atom. The molecular weight excluding hydrogens is 376 g/mol. The first-order chi connectivity index (χ1) is 13.3. The number of carbonyl (C=O) groups is 1. The normalized spacial score (nSPS) is 11.1. The van der Waals surface area contributed by atoms with E-state index in [-0.39, 0.29) is 11.8 Å². The number of carbonyl (C=O) groups excluding carboxylic acids is 1. The van der Waals surface area contributed by atoms with Crippen LogP contribution in [0.3, 0.4) is 0 Å². The van der Waals surface area contributed by atoms with Crippen molar-refractivity contribution in [2.24, 2.45) is 0 Å². The first kappa shape index (κ1) is 19.9. The maximum absolute atomic E-state index is 12.6. The van der Waals surface area contributed by atoms with Crippen LogP contribution < -0.4 is 10.1 Å². The van der Waals surface area contributed by atoms with Gasteiger partial charge < -0.3 is 15.2 Å². The number of rotatable bonds is 6. The molecule has 2 N–H and O–H groups in total. The number of halogens is 1. The standard InChI is InChI=1S/C22H21ClN2O3/c1-22(2,27)16-10-8-15(9-11-16)14-25-20(26)19-7-4-12-24-21(19)28-18-6-3-5-17(23)13-18/h3-13,27H,14H2,1-2H3,(H,25,26). The summed E-state index contributed by atoms with van der Waals surface area (Å²) in [4.78, 5) is 16.8. The first-order valence-corrected chi connectivity index (χ1v) is 9.19. The van der Waals surface area contributed by atoms with Crippen molar-refractivity contribution >= 4 is 17.5 Å². The van der Waals surface area contributed by atoms with Gasteiger partial charge in [-0.3, -0.25) is 4.79 Å². The zero-order chi connectivity index (χ0) is 20.1. The second-order valence-electron chi connectivity index (χ2n) is 6.85. The van der Waals surface area contributed by atoms with Gasteiger partial charge in [-0.05, 0) is 55.3 Å². The van der Waals surface area contributed by atoms with Crippen LogP contribution in [0.1, 0.15) is 35.3 Å². The van der Waals surface area contributed by atoms with E-state index in [1.165, 1.54) is 0 Å². The number of ether oxygens (including phenoxy) is 1. The maximum Gasteiger partial charge on any atom is 0.257 e. The molecule has 0 radical (unpaired) electrons. The molecule has 1 amide bonds. The lowest BCUT2D eigenvalue weighted by Crippen LogP contribution is -2.23. The smallest absolute Gasteiger partial charge is 0.257 e. The molecule has 0 atom stereocenters. The number of aliphatic hydroxyl groups is 1. The Hall–Kier alpha value is -2.89. The van der Waals surface area contributed by atoms with Gasteiger partial charge in [0.1, 0.15) is 11.3 Å². The number of hydrogen-bond acceptors (Lipinski definition) is 4. The van der Waals surface area contributed by atoms with E-state index in [0.717, 1.165) is 11.1 Å². The third kappa shape index (κ3) is 5.09. The highest BCUT2D eigenvalue weighted by Crippen LogP contribution is 2.25. The number of benzene rings is 2. The maximum atomic E-state index is 12.6. The van der Waals surface area contributed by atoms with Crippen LogP contribution in [-0.4, -0.2) is 16.0 Å². The van der Waals surface area contributed by atoms with Gasteiger partial charge >= 0.3 is 0 Å². The molecule has 0 spiro atoms. The van der Waals surface area contributed by atoms with Crippen molar-refractivity contribution in [3.05, 3.63) is 88.6 Å². The molecular formula is C22H21ClN2O3. The molecule has 3 aromatic rings. The molecule has 0 aliphatic rings. The number of pyridine rings is 1. The van der Waals surface area contributed by atoms with E-state index in [0.29, 0.717) is 22.9 Å². The molecule has 5 nitrogen and oxygen atoms in total. The second-order valence-corrected chi connectivity index (χ2v) is 7.29. The van der Waals surface area contributed by atoms with E-state index in [1.807, 2.05) is 24.3 Å². The van der Waals surface area contributed by atoms with E-state index in [4.69, 9.17) is 16.3 Å². The quantitative estimate of drug-likeness (QED) is 0.634. The molecule has 1 aromatic heterocycles. The van der Waals surface area contributed by atoms with Crippen LogP contribution in [0.25, 0.3) is 0 Å². The first-order valence-electron chi connectivity index (χ1n) is 8.81. The molecule has 28 heavy (non-hydrogen) atoms. The monoisotopic (exact) mass is 396 g/mol. The van der Waals surface area contributed by atoms with E-state index >= 15 is 0 Å². The van der Waals surface area contributed by atoms with Crippen molar-refractivity contribution in [3.63, 3.8) is 0 Å². The zero-order valence-electron chi connectivity index (χ0n) is 15.6. The van der Waals surface area contributed by atoms with Gasteiger partial charge in [0.25, 0.3) is 5.91 Å². The van der Waals surface area contributed by atoms with Gasteiger partial charge in [-0.1, -0.05) is 41.9 Å². The van der Waals surface area contributed by atoms with Gasteiger partial charge in [-0.2, -0.15) is 0 Å².